The summed E-state index contributed by atoms with van der Waals surface area (Å²) in [7, 11) is 0. The summed E-state index contributed by atoms with van der Waals surface area (Å²) in [5, 5.41) is 3.16. The van der Waals surface area contributed by atoms with Crippen LogP contribution in [0.2, 0.25) is 0 Å². The highest BCUT2D eigenvalue weighted by Gasteiger charge is 2.29. The molecule has 2 atom stereocenters. The summed E-state index contributed by atoms with van der Waals surface area (Å²) in [6.45, 7) is 9.78. The van der Waals surface area contributed by atoms with Crippen LogP contribution in [0.15, 0.2) is 0 Å². The van der Waals surface area contributed by atoms with Gasteiger partial charge in [-0.05, 0) is 43.4 Å². The normalized spacial score (nSPS) is 18.9. The molecular formula is C29H57NO2. The highest BCUT2D eigenvalue weighted by molar-refractivity contribution is 5.67. The molecule has 1 rings (SSSR count). The molecule has 1 N–H and O–H groups in total. The lowest BCUT2D eigenvalue weighted by atomic mass is 9.75. The maximum Gasteiger partial charge on any atom is 0.407 e. The van der Waals surface area contributed by atoms with Gasteiger partial charge >= 0.3 is 6.09 Å². The second-order valence-electron chi connectivity index (χ2n) is 11.4. The average molecular weight is 452 g/mol. The lowest BCUT2D eigenvalue weighted by Crippen LogP contribution is -2.41. The Bertz CT molecular complexity index is 448. The Labute approximate surface area is 201 Å². The first-order valence-electron chi connectivity index (χ1n) is 14.4. The Hall–Kier alpha value is -0.730. The minimum Gasteiger partial charge on any atom is -0.449 e. The molecule has 32 heavy (non-hydrogen) atoms. The summed E-state index contributed by atoms with van der Waals surface area (Å²) in [5.41, 5.74) is 0.340. The fourth-order valence-corrected chi connectivity index (χ4v) is 5.31. The van der Waals surface area contributed by atoms with E-state index in [9.17, 15) is 4.79 Å². The van der Waals surface area contributed by atoms with Crippen LogP contribution in [-0.2, 0) is 4.74 Å². The summed E-state index contributed by atoms with van der Waals surface area (Å²) in [6.07, 6.45) is 25.8. The maximum absolute atomic E-state index is 12.4. The Morgan fingerprint density at radius 2 is 1.34 bits per heavy atom. The van der Waals surface area contributed by atoms with Gasteiger partial charge in [0.05, 0.1) is 6.61 Å². The summed E-state index contributed by atoms with van der Waals surface area (Å²) >= 11 is 0. The van der Waals surface area contributed by atoms with Crippen LogP contribution in [0.4, 0.5) is 4.79 Å². The molecule has 1 aliphatic rings. The van der Waals surface area contributed by atoms with Crippen LogP contribution in [0.25, 0.3) is 0 Å². The predicted octanol–water partition coefficient (Wildman–Crippen LogP) is 9.58. The number of carbonyl (C=O) groups is 1. The van der Waals surface area contributed by atoms with Gasteiger partial charge in [-0.1, -0.05) is 124 Å². The Morgan fingerprint density at radius 1 is 0.844 bits per heavy atom. The van der Waals surface area contributed by atoms with E-state index in [0.29, 0.717) is 17.9 Å². The Balaban J connectivity index is 2.28. The molecule has 0 radical (unpaired) electrons. The largest absolute Gasteiger partial charge is 0.449 e. The monoisotopic (exact) mass is 451 g/mol. The van der Waals surface area contributed by atoms with Gasteiger partial charge in [-0.2, -0.15) is 0 Å². The highest BCUT2D eigenvalue weighted by Crippen LogP contribution is 2.35. The summed E-state index contributed by atoms with van der Waals surface area (Å²) in [5.74, 6) is 0.537. The zero-order valence-corrected chi connectivity index (χ0v) is 22.3. The van der Waals surface area contributed by atoms with Gasteiger partial charge < -0.3 is 10.1 Å². The van der Waals surface area contributed by atoms with Gasteiger partial charge in [0.15, 0.2) is 0 Å². The minimum atomic E-state index is -0.184. The van der Waals surface area contributed by atoms with E-state index in [4.69, 9.17) is 4.74 Å². The topological polar surface area (TPSA) is 38.3 Å². The number of rotatable bonds is 19. The summed E-state index contributed by atoms with van der Waals surface area (Å²) < 4.78 is 5.74. The van der Waals surface area contributed by atoms with Gasteiger partial charge in [-0.25, -0.2) is 4.79 Å². The van der Waals surface area contributed by atoms with Gasteiger partial charge in [-0.15, -0.1) is 0 Å². The van der Waals surface area contributed by atoms with E-state index in [1.807, 2.05) is 0 Å². The van der Waals surface area contributed by atoms with Gasteiger partial charge in [0.2, 0.25) is 0 Å². The van der Waals surface area contributed by atoms with Crippen molar-refractivity contribution in [3.05, 3.63) is 0 Å². The number of carbonyl (C=O) groups excluding carboxylic acids is 1. The van der Waals surface area contributed by atoms with Crippen LogP contribution in [0.3, 0.4) is 0 Å². The Morgan fingerprint density at radius 3 is 1.84 bits per heavy atom. The van der Waals surface area contributed by atoms with Gasteiger partial charge in [0.1, 0.15) is 0 Å². The molecule has 0 aromatic carbocycles. The zero-order valence-electron chi connectivity index (χ0n) is 22.3. The van der Waals surface area contributed by atoms with Crippen molar-refractivity contribution < 1.29 is 9.53 Å². The van der Waals surface area contributed by atoms with Crippen molar-refractivity contribution in [2.75, 3.05) is 6.61 Å². The number of amides is 1. The predicted molar refractivity (Wildman–Crippen MR) is 139 cm³/mol. The lowest BCUT2D eigenvalue weighted by Gasteiger charge is -2.35. The van der Waals surface area contributed by atoms with Crippen LogP contribution < -0.4 is 5.32 Å². The van der Waals surface area contributed by atoms with E-state index in [1.54, 1.807) is 0 Å². The fraction of sp³-hybridized carbons (Fsp3) is 0.966. The third-order valence-electron chi connectivity index (χ3n) is 7.41. The zero-order chi connectivity index (χ0) is 23.5. The number of hydrogen-bond acceptors (Lipinski definition) is 2. The first-order valence-corrected chi connectivity index (χ1v) is 14.4. The quantitative estimate of drug-likeness (QED) is 0.198. The van der Waals surface area contributed by atoms with E-state index in [1.165, 1.54) is 116 Å². The molecule has 190 valence electrons. The number of nitrogens with one attached hydrogen (secondary N) is 1. The molecule has 2 unspecified atom stereocenters. The third-order valence-corrected chi connectivity index (χ3v) is 7.41. The number of hydrogen-bond donors (Lipinski definition) is 1. The van der Waals surface area contributed by atoms with Crippen LogP contribution in [0.1, 0.15) is 156 Å². The van der Waals surface area contributed by atoms with E-state index >= 15 is 0 Å². The standard InChI is InChI=1S/C29H57NO2/c1-5-7-9-11-13-14-16-18-21-26(20-17-15-12-10-8-6-2)25-32-28(31)30-27-22-19-23-29(3,4)24-27/h26-27H,5-25H2,1-4H3,(H,30,31). The van der Waals surface area contributed by atoms with Crippen LogP contribution in [0, 0.1) is 11.3 Å². The van der Waals surface area contributed by atoms with Crippen molar-refractivity contribution in [3.8, 4) is 0 Å². The Kier molecular flexibility index (Phi) is 17.1. The van der Waals surface area contributed by atoms with Crippen molar-refractivity contribution in [1.29, 1.82) is 0 Å². The molecule has 0 bridgehead atoms. The highest BCUT2D eigenvalue weighted by atomic mass is 16.5. The molecule has 1 saturated carbocycles. The second-order valence-corrected chi connectivity index (χ2v) is 11.4. The molecule has 1 amide bonds. The first kappa shape index (κ1) is 29.3. The van der Waals surface area contributed by atoms with Crippen molar-refractivity contribution in [3.63, 3.8) is 0 Å². The molecule has 0 heterocycles. The summed E-state index contributed by atoms with van der Waals surface area (Å²) in [4.78, 5) is 12.4. The van der Waals surface area contributed by atoms with E-state index in [-0.39, 0.29) is 12.1 Å². The number of unbranched alkanes of at least 4 members (excludes halogenated alkanes) is 12. The van der Waals surface area contributed by atoms with Crippen LogP contribution in [0.5, 0.6) is 0 Å². The third kappa shape index (κ3) is 16.0. The van der Waals surface area contributed by atoms with Crippen molar-refractivity contribution in [1.82, 2.24) is 5.32 Å². The molecule has 0 aliphatic heterocycles. The molecule has 0 aromatic rings. The molecule has 0 saturated heterocycles. The molecule has 0 aromatic heterocycles. The fourth-order valence-electron chi connectivity index (χ4n) is 5.31. The van der Waals surface area contributed by atoms with Crippen molar-refractivity contribution >= 4 is 6.09 Å². The second kappa shape index (κ2) is 18.7. The maximum atomic E-state index is 12.4. The van der Waals surface area contributed by atoms with Crippen LogP contribution >= 0.6 is 0 Å². The van der Waals surface area contributed by atoms with Gasteiger partial charge in [0.25, 0.3) is 0 Å². The number of ether oxygens (including phenoxy) is 1. The molecular weight excluding hydrogens is 394 g/mol. The first-order chi connectivity index (χ1) is 15.5. The lowest BCUT2D eigenvalue weighted by molar-refractivity contribution is 0.109. The summed E-state index contributed by atoms with van der Waals surface area (Å²) in [6, 6.07) is 0.288. The molecule has 1 fully saturated rings. The average Bonchev–Trinajstić information content (AvgIpc) is 2.75. The number of alkyl carbamates (subject to hydrolysis) is 1. The van der Waals surface area contributed by atoms with E-state index < -0.39 is 0 Å². The van der Waals surface area contributed by atoms with E-state index in [2.05, 4.69) is 33.0 Å². The van der Waals surface area contributed by atoms with Crippen molar-refractivity contribution in [2.24, 2.45) is 11.3 Å². The van der Waals surface area contributed by atoms with E-state index in [0.717, 1.165) is 12.8 Å². The van der Waals surface area contributed by atoms with Crippen molar-refractivity contribution in [2.45, 2.75) is 162 Å². The molecule has 3 nitrogen and oxygen atoms in total. The minimum absolute atomic E-state index is 0.184. The van der Waals surface area contributed by atoms with Gasteiger partial charge in [0, 0.05) is 6.04 Å². The smallest absolute Gasteiger partial charge is 0.407 e. The van der Waals surface area contributed by atoms with Crippen LogP contribution in [-0.4, -0.2) is 18.7 Å². The molecule has 1 aliphatic carbocycles. The SMILES string of the molecule is CCCCCCCCCCC(CCCCCCCC)COC(=O)NC1CCCC(C)(C)C1. The van der Waals surface area contributed by atoms with Gasteiger partial charge in [-0.3, -0.25) is 0 Å². The molecule has 3 heteroatoms. The molecule has 0 spiro atoms.